The highest BCUT2D eigenvalue weighted by Crippen LogP contribution is 2.40. The van der Waals surface area contributed by atoms with Gasteiger partial charge in [0, 0.05) is 12.7 Å². The maximum absolute atomic E-state index is 13.3. The number of amides is 1. The average Bonchev–Trinajstić information content (AvgIpc) is 3.50. The van der Waals surface area contributed by atoms with Crippen molar-refractivity contribution < 1.29 is 9.90 Å². The van der Waals surface area contributed by atoms with E-state index in [1.807, 2.05) is 30.3 Å². The Morgan fingerprint density at radius 3 is 2.70 bits per heavy atom. The molecular formula is C21H24ClN5O3. The van der Waals surface area contributed by atoms with Crippen molar-refractivity contribution >= 4 is 23.2 Å². The number of nitrogens with one attached hydrogen (secondary N) is 2. The molecule has 0 radical (unpaired) electrons. The Bertz CT molecular complexity index is 1090. The zero-order chi connectivity index (χ0) is 21.1. The largest absolute Gasteiger partial charge is 0.465 e. The normalized spacial score (nSPS) is 14.7. The minimum atomic E-state index is -1.03. The molecule has 30 heavy (non-hydrogen) atoms. The molecule has 1 amide bonds. The molecule has 3 aromatic rings. The van der Waals surface area contributed by atoms with E-state index >= 15 is 0 Å². The molecule has 0 spiro atoms. The number of nitrogens with zero attached hydrogens (tertiary/aromatic N) is 3. The molecule has 4 rings (SSSR count). The molecule has 9 heteroatoms. The van der Waals surface area contributed by atoms with Crippen molar-refractivity contribution in [2.24, 2.45) is 5.92 Å². The Hall–Kier alpha value is -2.84. The van der Waals surface area contributed by atoms with Gasteiger partial charge in [0.05, 0.1) is 17.6 Å². The average molecular weight is 430 g/mol. The highest BCUT2D eigenvalue weighted by Gasteiger charge is 2.35. The van der Waals surface area contributed by atoms with Crippen molar-refractivity contribution in [3.63, 3.8) is 0 Å². The molecule has 8 nitrogen and oxygen atoms in total. The Kier molecular flexibility index (Phi) is 6.06. The van der Waals surface area contributed by atoms with Gasteiger partial charge < -0.3 is 15.7 Å². The Labute approximate surface area is 178 Å². The second-order valence-electron chi connectivity index (χ2n) is 7.55. The van der Waals surface area contributed by atoms with Crippen LogP contribution in [-0.2, 0) is 6.54 Å². The number of rotatable bonds is 9. The second kappa shape index (κ2) is 8.89. The van der Waals surface area contributed by atoms with Crippen LogP contribution in [0.2, 0.25) is 5.02 Å². The number of aromatic nitrogens is 3. The molecule has 158 valence electrons. The van der Waals surface area contributed by atoms with Gasteiger partial charge in [-0.05, 0) is 43.4 Å². The van der Waals surface area contributed by atoms with Gasteiger partial charge in [0.25, 0.3) is 5.56 Å². The van der Waals surface area contributed by atoms with E-state index in [4.69, 9.17) is 21.8 Å². The first-order chi connectivity index (χ1) is 14.5. The third-order valence-electron chi connectivity index (χ3n) is 5.30. The van der Waals surface area contributed by atoms with Gasteiger partial charge in [-0.25, -0.2) is 9.31 Å². The van der Waals surface area contributed by atoms with Crippen LogP contribution in [0.15, 0.2) is 47.4 Å². The number of carbonyl (C=O) groups is 1. The summed E-state index contributed by atoms with van der Waals surface area (Å²) >= 11 is 6.26. The van der Waals surface area contributed by atoms with Gasteiger partial charge in [0.2, 0.25) is 0 Å². The van der Waals surface area contributed by atoms with Crippen LogP contribution < -0.4 is 16.2 Å². The van der Waals surface area contributed by atoms with Gasteiger partial charge >= 0.3 is 6.09 Å². The number of benzene rings is 1. The molecule has 1 unspecified atom stereocenters. The molecule has 0 saturated heterocycles. The Morgan fingerprint density at radius 2 is 2.00 bits per heavy atom. The van der Waals surface area contributed by atoms with Crippen molar-refractivity contribution in [1.29, 1.82) is 0 Å². The van der Waals surface area contributed by atoms with Crippen molar-refractivity contribution in [2.75, 3.05) is 13.1 Å². The van der Waals surface area contributed by atoms with E-state index in [0.717, 1.165) is 18.4 Å². The molecule has 1 fully saturated rings. The van der Waals surface area contributed by atoms with Crippen LogP contribution in [-0.4, -0.2) is 38.5 Å². The van der Waals surface area contributed by atoms with E-state index in [1.165, 1.54) is 0 Å². The lowest BCUT2D eigenvalue weighted by atomic mass is 10.1. The van der Waals surface area contributed by atoms with Crippen LogP contribution in [0.3, 0.4) is 0 Å². The molecule has 2 aromatic heterocycles. The van der Waals surface area contributed by atoms with Crippen LogP contribution >= 0.6 is 11.6 Å². The fourth-order valence-corrected chi connectivity index (χ4v) is 3.89. The van der Waals surface area contributed by atoms with Gasteiger partial charge in [-0.1, -0.05) is 41.9 Å². The van der Waals surface area contributed by atoms with E-state index in [2.05, 4.69) is 10.6 Å². The first-order valence-electron chi connectivity index (χ1n) is 10.1. The summed E-state index contributed by atoms with van der Waals surface area (Å²) in [5, 5.41) is 19.7. The highest BCUT2D eigenvalue weighted by atomic mass is 35.5. The van der Waals surface area contributed by atoms with Crippen LogP contribution in [0.25, 0.3) is 5.52 Å². The number of hydrogen-bond acceptors (Lipinski definition) is 4. The Morgan fingerprint density at radius 1 is 1.23 bits per heavy atom. The number of halogens is 1. The minimum Gasteiger partial charge on any atom is -0.465 e. The molecule has 1 aliphatic carbocycles. The summed E-state index contributed by atoms with van der Waals surface area (Å²) in [6, 6.07) is 11.4. The quantitative estimate of drug-likeness (QED) is 0.454. The number of carboxylic acid groups (broad SMARTS) is 1. The number of hydrogen-bond donors (Lipinski definition) is 3. The zero-order valence-corrected chi connectivity index (χ0v) is 17.2. The topological polar surface area (TPSA) is 101 Å². The predicted octanol–water partition coefficient (Wildman–Crippen LogP) is 2.90. The summed E-state index contributed by atoms with van der Waals surface area (Å²) in [6.45, 7) is 1.40. The summed E-state index contributed by atoms with van der Waals surface area (Å²) in [4.78, 5) is 24.0. The summed E-state index contributed by atoms with van der Waals surface area (Å²) in [5.74, 6) is 1.08. The van der Waals surface area contributed by atoms with E-state index < -0.39 is 6.09 Å². The molecule has 0 aliphatic heterocycles. The second-order valence-corrected chi connectivity index (χ2v) is 7.95. The summed E-state index contributed by atoms with van der Waals surface area (Å²) in [6.07, 6.45) is 3.46. The highest BCUT2D eigenvalue weighted by molar-refractivity contribution is 6.33. The van der Waals surface area contributed by atoms with Gasteiger partial charge in [0.1, 0.15) is 5.52 Å². The van der Waals surface area contributed by atoms with E-state index in [9.17, 15) is 9.59 Å². The maximum Gasteiger partial charge on any atom is 0.404 e. The summed E-state index contributed by atoms with van der Waals surface area (Å²) in [5.41, 5.74) is 1.21. The molecule has 2 heterocycles. The van der Waals surface area contributed by atoms with Crippen LogP contribution in [0.4, 0.5) is 4.79 Å². The van der Waals surface area contributed by atoms with Crippen molar-refractivity contribution in [3.05, 3.63) is 69.4 Å². The van der Waals surface area contributed by atoms with Crippen molar-refractivity contribution in [2.45, 2.75) is 31.8 Å². The van der Waals surface area contributed by atoms with E-state index in [-0.39, 0.29) is 11.6 Å². The van der Waals surface area contributed by atoms with Crippen LogP contribution in [0.1, 0.15) is 36.7 Å². The lowest BCUT2D eigenvalue weighted by molar-refractivity contribution is 0.194. The monoisotopic (exact) mass is 429 g/mol. The fraction of sp³-hybridized carbons (Fsp3) is 0.381. The summed E-state index contributed by atoms with van der Waals surface area (Å²) in [7, 11) is 0. The van der Waals surface area contributed by atoms with Crippen molar-refractivity contribution in [3.8, 4) is 0 Å². The molecule has 1 aromatic carbocycles. The molecular weight excluding hydrogens is 406 g/mol. The van der Waals surface area contributed by atoms with Gasteiger partial charge in [-0.15, -0.1) is 0 Å². The first-order valence-corrected chi connectivity index (χ1v) is 10.4. The lowest BCUT2D eigenvalue weighted by Gasteiger charge is -2.22. The molecule has 3 N–H and O–H groups in total. The van der Waals surface area contributed by atoms with E-state index in [1.54, 1.807) is 21.3 Å². The zero-order valence-electron chi connectivity index (χ0n) is 16.4. The third kappa shape index (κ3) is 4.49. The van der Waals surface area contributed by atoms with Gasteiger partial charge in [0.15, 0.2) is 5.82 Å². The SMILES string of the molecule is O=C(O)NCCCNC(c1nn2ccc(Cl)c2c(=O)n1Cc1ccccc1)C1CC1. The molecule has 1 atom stereocenters. The third-order valence-corrected chi connectivity index (χ3v) is 5.61. The van der Waals surface area contributed by atoms with Crippen molar-refractivity contribution in [1.82, 2.24) is 24.8 Å². The minimum absolute atomic E-state index is 0.0863. The Balaban J connectivity index is 1.67. The van der Waals surface area contributed by atoms with Crippen LogP contribution in [0.5, 0.6) is 0 Å². The smallest absolute Gasteiger partial charge is 0.404 e. The fourth-order valence-electron chi connectivity index (χ4n) is 3.67. The molecule has 0 bridgehead atoms. The molecule has 1 aliphatic rings. The lowest BCUT2D eigenvalue weighted by Crippen LogP contribution is -2.36. The molecule has 1 saturated carbocycles. The standard InChI is InChI=1S/C21H24ClN5O3/c22-16-9-12-27-18(16)20(28)26(13-14-5-2-1-3-6-14)19(25-27)17(15-7-8-15)23-10-4-11-24-21(29)30/h1-3,5-6,9,12,15,17,23-24H,4,7-8,10-11,13H2,(H,29,30). The summed E-state index contributed by atoms with van der Waals surface area (Å²) < 4.78 is 3.27. The van der Waals surface area contributed by atoms with Gasteiger partial charge in [-0.2, -0.15) is 5.10 Å². The van der Waals surface area contributed by atoms with E-state index in [0.29, 0.717) is 48.3 Å². The van der Waals surface area contributed by atoms with Gasteiger partial charge in [-0.3, -0.25) is 9.36 Å². The maximum atomic E-state index is 13.3. The first kappa shape index (κ1) is 20.4. The van der Waals surface area contributed by atoms with Crippen LogP contribution in [0, 0.1) is 5.92 Å². The predicted molar refractivity (Wildman–Crippen MR) is 114 cm³/mol. The number of fused-ring (bicyclic) bond motifs is 1.